The van der Waals surface area contributed by atoms with Crippen molar-refractivity contribution in [1.82, 2.24) is 4.72 Å². The average molecular weight is 378 g/mol. The van der Waals surface area contributed by atoms with E-state index in [0.717, 1.165) is 11.6 Å². The van der Waals surface area contributed by atoms with Gasteiger partial charge in [0, 0.05) is 18.7 Å². The zero-order valence-corrected chi connectivity index (χ0v) is 15.0. The predicted molar refractivity (Wildman–Crippen MR) is 95.2 cm³/mol. The third kappa shape index (κ3) is 4.20. The number of carbonyl (C=O) groups excluding carboxylic acids is 1. The van der Waals surface area contributed by atoms with Gasteiger partial charge in [0.1, 0.15) is 23.1 Å². The lowest BCUT2D eigenvalue weighted by Gasteiger charge is -2.18. The molecule has 0 atom stereocenters. The molecular weight excluding hydrogens is 359 g/mol. The monoisotopic (exact) mass is 378 g/mol. The quantitative estimate of drug-likeness (QED) is 0.756. The molecule has 8 heteroatoms. The Morgan fingerprint density at radius 2 is 1.92 bits per heavy atom. The average Bonchev–Trinajstić information content (AvgIpc) is 2.59. The number of anilines is 1. The second kappa shape index (κ2) is 7.43. The van der Waals surface area contributed by atoms with Crippen molar-refractivity contribution in [2.24, 2.45) is 0 Å². The van der Waals surface area contributed by atoms with Crippen LogP contribution in [-0.2, 0) is 21.2 Å². The Labute approximate surface area is 151 Å². The topological polar surface area (TPSA) is 84.5 Å². The lowest BCUT2D eigenvalue weighted by atomic mass is 10.0. The number of aryl methyl sites for hydroxylation is 2. The Hall–Kier alpha value is -2.45. The van der Waals surface area contributed by atoms with E-state index in [9.17, 15) is 17.6 Å². The fraction of sp³-hybridized carbons (Fsp3) is 0.278. The van der Waals surface area contributed by atoms with Gasteiger partial charge in [0.05, 0.1) is 0 Å². The number of hydrogen-bond acceptors (Lipinski definition) is 4. The number of sulfonamides is 1. The highest BCUT2D eigenvalue weighted by Gasteiger charge is 2.24. The molecule has 1 amide bonds. The van der Waals surface area contributed by atoms with Crippen LogP contribution in [0.3, 0.4) is 0 Å². The number of carbonyl (C=O) groups is 1. The minimum absolute atomic E-state index is 0.00344. The summed E-state index contributed by atoms with van der Waals surface area (Å²) in [6.07, 6.45) is 0.621. The van der Waals surface area contributed by atoms with Crippen molar-refractivity contribution in [2.75, 3.05) is 18.5 Å². The predicted octanol–water partition coefficient (Wildman–Crippen LogP) is 2.38. The first-order valence-electron chi connectivity index (χ1n) is 8.16. The van der Waals surface area contributed by atoms with Gasteiger partial charge in [-0.05, 0) is 43.2 Å². The number of nitrogens with one attached hydrogen (secondary N) is 2. The van der Waals surface area contributed by atoms with E-state index in [1.165, 1.54) is 6.07 Å². The number of benzene rings is 2. The number of amides is 1. The molecule has 138 valence electrons. The molecule has 1 aliphatic rings. The van der Waals surface area contributed by atoms with Crippen LogP contribution in [0.25, 0.3) is 0 Å². The van der Waals surface area contributed by atoms with E-state index in [2.05, 4.69) is 10.0 Å². The Bertz CT molecular complexity index is 927. The number of ether oxygens (including phenoxy) is 1. The number of halogens is 1. The first-order chi connectivity index (χ1) is 12.3. The Morgan fingerprint density at radius 3 is 2.65 bits per heavy atom. The minimum Gasteiger partial charge on any atom is -0.492 e. The smallest absolute Gasteiger partial charge is 0.243 e. The summed E-state index contributed by atoms with van der Waals surface area (Å²) in [5, 5.41) is 2.54. The fourth-order valence-corrected chi connectivity index (χ4v) is 3.76. The standard InChI is InChI=1S/C18H19FN2O4S/c1-12-2-5-14(6-3-12)25-9-8-20-26(23,24)17-10-13-4-7-18(22)21-16(13)11-15(17)19/h2-3,5-6,10-11,20H,4,7-9H2,1H3,(H,21,22). The molecule has 2 N–H and O–H groups in total. The van der Waals surface area contributed by atoms with Crippen LogP contribution in [0, 0.1) is 12.7 Å². The van der Waals surface area contributed by atoms with Crippen LogP contribution in [0.15, 0.2) is 41.3 Å². The highest BCUT2D eigenvalue weighted by molar-refractivity contribution is 7.89. The van der Waals surface area contributed by atoms with E-state index in [-0.39, 0.29) is 25.5 Å². The molecule has 26 heavy (non-hydrogen) atoms. The van der Waals surface area contributed by atoms with Crippen LogP contribution in [0.4, 0.5) is 10.1 Å². The van der Waals surface area contributed by atoms with Gasteiger partial charge in [0.25, 0.3) is 0 Å². The van der Waals surface area contributed by atoms with Crippen molar-refractivity contribution >= 4 is 21.6 Å². The summed E-state index contributed by atoms with van der Waals surface area (Å²) in [6, 6.07) is 9.68. The second-order valence-electron chi connectivity index (χ2n) is 6.05. The molecule has 0 spiro atoms. The third-order valence-corrected chi connectivity index (χ3v) is 5.50. The van der Waals surface area contributed by atoms with Gasteiger partial charge >= 0.3 is 0 Å². The van der Waals surface area contributed by atoms with Crippen molar-refractivity contribution in [2.45, 2.75) is 24.7 Å². The molecule has 1 aliphatic heterocycles. The molecule has 0 unspecified atom stereocenters. The lowest BCUT2D eigenvalue weighted by Crippen LogP contribution is -2.29. The van der Waals surface area contributed by atoms with E-state index < -0.39 is 20.7 Å². The molecule has 0 saturated heterocycles. The number of rotatable bonds is 6. The van der Waals surface area contributed by atoms with Crippen molar-refractivity contribution in [3.63, 3.8) is 0 Å². The summed E-state index contributed by atoms with van der Waals surface area (Å²) in [6.45, 7) is 2.07. The molecule has 6 nitrogen and oxygen atoms in total. The molecule has 0 radical (unpaired) electrons. The maximum Gasteiger partial charge on any atom is 0.243 e. The second-order valence-corrected chi connectivity index (χ2v) is 7.78. The molecule has 0 aliphatic carbocycles. The van der Waals surface area contributed by atoms with Gasteiger partial charge in [-0.3, -0.25) is 4.79 Å². The summed E-state index contributed by atoms with van der Waals surface area (Å²) in [7, 11) is -4.02. The van der Waals surface area contributed by atoms with Gasteiger partial charge in [-0.15, -0.1) is 0 Å². The van der Waals surface area contributed by atoms with E-state index in [1.54, 1.807) is 12.1 Å². The molecule has 3 rings (SSSR count). The van der Waals surface area contributed by atoms with E-state index in [0.29, 0.717) is 23.4 Å². The highest BCUT2D eigenvalue weighted by Crippen LogP contribution is 2.28. The normalized spacial score (nSPS) is 13.8. The van der Waals surface area contributed by atoms with Crippen molar-refractivity contribution in [1.29, 1.82) is 0 Å². The number of fused-ring (bicyclic) bond motifs is 1. The Morgan fingerprint density at radius 1 is 1.19 bits per heavy atom. The molecule has 2 aromatic carbocycles. The van der Waals surface area contributed by atoms with Gasteiger partial charge < -0.3 is 10.1 Å². The van der Waals surface area contributed by atoms with E-state index in [4.69, 9.17) is 4.74 Å². The fourth-order valence-electron chi connectivity index (χ4n) is 2.64. The molecule has 2 aromatic rings. The minimum atomic E-state index is -4.02. The first-order valence-corrected chi connectivity index (χ1v) is 9.65. The maximum absolute atomic E-state index is 14.2. The Kier molecular flexibility index (Phi) is 5.24. The molecule has 0 fully saturated rings. The number of hydrogen-bond donors (Lipinski definition) is 2. The van der Waals surface area contributed by atoms with Crippen LogP contribution in [0.2, 0.25) is 0 Å². The molecule has 0 saturated carbocycles. The summed E-state index contributed by atoms with van der Waals surface area (Å²) in [4.78, 5) is 10.9. The molecule has 1 heterocycles. The SMILES string of the molecule is Cc1ccc(OCCNS(=O)(=O)c2cc3c(cc2F)NC(=O)CC3)cc1. The van der Waals surface area contributed by atoms with E-state index >= 15 is 0 Å². The van der Waals surface area contributed by atoms with Crippen molar-refractivity contribution < 1.29 is 22.3 Å². The zero-order chi connectivity index (χ0) is 18.7. The lowest BCUT2D eigenvalue weighted by molar-refractivity contribution is -0.116. The van der Waals surface area contributed by atoms with Gasteiger partial charge in [0.2, 0.25) is 15.9 Å². The maximum atomic E-state index is 14.2. The first kappa shape index (κ1) is 18.3. The summed E-state index contributed by atoms with van der Waals surface area (Å²) >= 11 is 0. The molecule has 0 bridgehead atoms. The van der Waals surface area contributed by atoms with Crippen LogP contribution >= 0.6 is 0 Å². The van der Waals surface area contributed by atoms with E-state index in [1.807, 2.05) is 19.1 Å². The van der Waals surface area contributed by atoms with Crippen LogP contribution in [0.5, 0.6) is 5.75 Å². The Balaban J connectivity index is 1.64. The molecule has 0 aromatic heterocycles. The van der Waals surface area contributed by atoms with Crippen molar-refractivity contribution in [3.05, 3.63) is 53.3 Å². The largest absolute Gasteiger partial charge is 0.492 e. The summed E-state index contributed by atoms with van der Waals surface area (Å²) in [5.74, 6) is -0.484. The van der Waals surface area contributed by atoms with Gasteiger partial charge in [-0.2, -0.15) is 0 Å². The van der Waals surface area contributed by atoms with Gasteiger partial charge in [-0.1, -0.05) is 17.7 Å². The van der Waals surface area contributed by atoms with Crippen LogP contribution < -0.4 is 14.8 Å². The highest BCUT2D eigenvalue weighted by atomic mass is 32.2. The zero-order valence-electron chi connectivity index (χ0n) is 14.2. The van der Waals surface area contributed by atoms with Gasteiger partial charge in [-0.25, -0.2) is 17.5 Å². The summed E-state index contributed by atoms with van der Waals surface area (Å²) < 4.78 is 46.7. The third-order valence-electron chi connectivity index (χ3n) is 4.03. The van der Waals surface area contributed by atoms with Crippen molar-refractivity contribution in [3.8, 4) is 5.75 Å². The van der Waals surface area contributed by atoms with Crippen LogP contribution in [-0.4, -0.2) is 27.5 Å². The molecular formula is C18H19FN2O4S. The van der Waals surface area contributed by atoms with Crippen LogP contribution in [0.1, 0.15) is 17.5 Å². The summed E-state index contributed by atoms with van der Waals surface area (Å²) in [5.41, 5.74) is 2.01. The van der Waals surface area contributed by atoms with Gasteiger partial charge in [0.15, 0.2) is 0 Å².